The largest absolute Gasteiger partial charge is 0.387 e. The lowest BCUT2D eigenvalue weighted by molar-refractivity contribution is -0.0150. The van der Waals surface area contributed by atoms with Crippen molar-refractivity contribution in [1.29, 1.82) is 5.41 Å². The normalized spacial score (nSPS) is 53.6. The van der Waals surface area contributed by atoms with E-state index < -0.39 is 0 Å². The van der Waals surface area contributed by atoms with E-state index in [1.807, 2.05) is 0 Å². The van der Waals surface area contributed by atoms with Crippen LogP contribution in [0.25, 0.3) is 0 Å². The molecule has 9 saturated carbocycles. The van der Waals surface area contributed by atoms with E-state index in [4.69, 9.17) is 16.1 Å². The number of nitrogens with one attached hydrogen (secondary N) is 2. The van der Waals surface area contributed by atoms with Crippen LogP contribution in [0.1, 0.15) is 103 Å². The third-order valence-electron chi connectivity index (χ3n) is 11.5. The summed E-state index contributed by atoms with van der Waals surface area (Å²) in [6.07, 6.45) is 21.3. The van der Waals surface area contributed by atoms with Gasteiger partial charge in [0, 0.05) is 16.9 Å². The molecule has 9 aliphatic carbocycles. The van der Waals surface area contributed by atoms with Crippen molar-refractivity contribution in [2.24, 2.45) is 57.1 Å². The highest BCUT2D eigenvalue weighted by molar-refractivity contribution is 5.87. The quantitative estimate of drug-likeness (QED) is 0.393. The van der Waals surface area contributed by atoms with Gasteiger partial charge in [0.1, 0.15) is 5.84 Å². The Balaban J connectivity index is 0.965. The number of rotatable bonds is 4. The Kier molecular flexibility index (Phi) is 4.58. The van der Waals surface area contributed by atoms with Crippen LogP contribution in [0, 0.1) is 51.7 Å². The minimum absolute atomic E-state index is 0.215. The Labute approximate surface area is 194 Å². The van der Waals surface area contributed by atoms with E-state index in [0.29, 0.717) is 12.1 Å². The topological polar surface area (TPSA) is 74.3 Å². The lowest BCUT2D eigenvalue weighted by atomic mass is 9.49. The van der Waals surface area contributed by atoms with Crippen molar-refractivity contribution < 1.29 is 0 Å². The van der Waals surface area contributed by atoms with Crippen LogP contribution in [0.3, 0.4) is 0 Å². The minimum atomic E-state index is 0.215. The van der Waals surface area contributed by atoms with Gasteiger partial charge >= 0.3 is 0 Å². The van der Waals surface area contributed by atoms with E-state index in [2.05, 4.69) is 5.32 Å². The van der Waals surface area contributed by atoms with Gasteiger partial charge in [0.2, 0.25) is 0 Å². The fraction of sp³-hybridized carbons (Fsp3) is 0.929. The molecule has 0 amide bonds. The van der Waals surface area contributed by atoms with Crippen molar-refractivity contribution in [3.8, 4) is 0 Å². The molecule has 9 aliphatic rings. The predicted molar refractivity (Wildman–Crippen MR) is 130 cm³/mol. The summed E-state index contributed by atoms with van der Waals surface area (Å²) in [6.45, 7) is 0. The molecule has 0 unspecified atom stereocenters. The van der Waals surface area contributed by atoms with Crippen LogP contribution in [0.2, 0.25) is 0 Å². The Morgan fingerprint density at radius 3 is 1.50 bits per heavy atom. The Morgan fingerprint density at radius 1 is 0.656 bits per heavy atom. The van der Waals surface area contributed by atoms with Gasteiger partial charge in [-0.2, -0.15) is 0 Å². The van der Waals surface area contributed by atoms with Crippen molar-refractivity contribution in [3.05, 3.63) is 0 Å². The van der Waals surface area contributed by atoms with Crippen LogP contribution in [-0.4, -0.2) is 23.8 Å². The number of aliphatic imine (C=N–C) groups is 1. The van der Waals surface area contributed by atoms with Crippen LogP contribution >= 0.6 is 0 Å². The molecule has 0 atom stereocenters. The van der Waals surface area contributed by atoms with Crippen molar-refractivity contribution in [3.63, 3.8) is 0 Å². The second-order valence-electron chi connectivity index (χ2n) is 13.9. The molecule has 0 spiro atoms. The van der Waals surface area contributed by atoms with Gasteiger partial charge in [-0.15, -0.1) is 0 Å². The highest BCUT2D eigenvalue weighted by atomic mass is 15.0. The molecule has 0 aromatic rings. The molecule has 0 heterocycles. The molecule has 4 heteroatoms. The predicted octanol–water partition coefficient (Wildman–Crippen LogP) is 5.65. The first-order chi connectivity index (χ1) is 15.5. The molecule has 8 bridgehead atoms. The molecule has 9 fully saturated rings. The van der Waals surface area contributed by atoms with Crippen LogP contribution in [0.15, 0.2) is 4.99 Å². The number of nitrogens with zero attached hydrogens (tertiary/aromatic N) is 1. The summed E-state index contributed by atoms with van der Waals surface area (Å²) < 4.78 is 0. The Hall–Kier alpha value is -1.06. The van der Waals surface area contributed by atoms with Crippen molar-refractivity contribution in [1.82, 2.24) is 5.32 Å². The summed E-state index contributed by atoms with van der Waals surface area (Å²) in [4.78, 5) is 5.21. The number of amidine groups is 2. The molecule has 0 aliphatic heterocycles. The monoisotopic (exact) mass is 436 g/mol. The average Bonchev–Trinajstić information content (AvgIpc) is 2.73. The molecule has 0 saturated heterocycles. The average molecular weight is 437 g/mol. The highest BCUT2D eigenvalue weighted by Crippen LogP contribution is 2.61. The zero-order valence-electron chi connectivity index (χ0n) is 20.0. The number of hydrogen-bond acceptors (Lipinski definition) is 2. The fourth-order valence-corrected chi connectivity index (χ4v) is 10.9. The lowest BCUT2D eigenvalue weighted by Gasteiger charge is -2.57. The standard InChI is InChI=1S/C28H44N4/c29-25(27-11-17-5-18(12-27)7-19(6-17)13-27)31-23-1-2-24(4-3-23)32-26(30)28-14-20-8-21(15-28)10-22(9-20)16-28/h17-24H,1-16H2,(H2,29,31)(H2,30,32). The second-order valence-corrected chi connectivity index (χ2v) is 13.9. The smallest absolute Gasteiger partial charge is 0.100 e. The van der Waals surface area contributed by atoms with E-state index in [-0.39, 0.29) is 10.8 Å². The summed E-state index contributed by atoms with van der Waals surface area (Å²) in [5, 5.41) is 12.8. The summed E-state index contributed by atoms with van der Waals surface area (Å²) in [5.74, 6) is 7.51. The molecule has 32 heavy (non-hydrogen) atoms. The molecule has 4 N–H and O–H groups in total. The van der Waals surface area contributed by atoms with Gasteiger partial charge in [-0.3, -0.25) is 10.4 Å². The second kappa shape index (κ2) is 7.22. The summed E-state index contributed by atoms with van der Waals surface area (Å²) in [6, 6.07) is 0.914. The summed E-state index contributed by atoms with van der Waals surface area (Å²) in [5.41, 5.74) is 7.27. The van der Waals surface area contributed by atoms with Crippen molar-refractivity contribution in [2.75, 3.05) is 0 Å². The third-order valence-corrected chi connectivity index (χ3v) is 11.5. The molecule has 9 rings (SSSR count). The first-order valence-corrected chi connectivity index (χ1v) is 14.2. The van der Waals surface area contributed by atoms with Crippen molar-refractivity contribution >= 4 is 11.7 Å². The van der Waals surface area contributed by atoms with Gasteiger partial charge in [0.25, 0.3) is 0 Å². The molecule has 176 valence electrons. The zero-order valence-corrected chi connectivity index (χ0v) is 20.0. The fourth-order valence-electron chi connectivity index (χ4n) is 10.9. The number of nitrogens with two attached hydrogens (primary N) is 1. The van der Waals surface area contributed by atoms with Gasteiger partial charge in [-0.1, -0.05) is 0 Å². The molecular formula is C28H44N4. The molecule has 0 aromatic heterocycles. The van der Waals surface area contributed by atoms with E-state index >= 15 is 0 Å². The van der Waals surface area contributed by atoms with Crippen LogP contribution in [0.4, 0.5) is 0 Å². The lowest BCUT2D eigenvalue weighted by Crippen LogP contribution is -2.55. The summed E-state index contributed by atoms with van der Waals surface area (Å²) >= 11 is 0. The number of hydrogen-bond donors (Lipinski definition) is 3. The van der Waals surface area contributed by atoms with Crippen LogP contribution in [-0.2, 0) is 0 Å². The zero-order chi connectivity index (χ0) is 21.5. The van der Waals surface area contributed by atoms with Crippen LogP contribution in [0.5, 0.6) is 0 Å². The first kappa shape index (κ1) is 20.3. The maximum atomic E-state index is 9.04. The van der Waals surface area contributed by atoms with Gasteiger partial charge < -0.3 is 11.1 Å². The van der Waals surface area contributed by atoms with Gasteiger partial charge in [-0.05, 0) is 138 Å². The van der Waals surface area contributed by atoms with E-state index in [0.717, 1.165) is 72.9 Å². The minimum Gasteiger partial charge on any atom is -0.387 e. The first-order valence-electron chi connectivity index (χ1n) is 14.2. The molecule has 0 radical (unpaired) electrons. The highest BCUT2D eigenvalue weighted by Gasteiger charge is 2.54. The summed E-state index contributed by atoms with van der Waals surface area (Å²) in [7, 11) is 0. The van der Waals surface area contributed by atoms with E-state index in [1.54, 1.807) is 0 Å². The Bertz CT molecular complexity index is 734. The van der Waals surface area contributed by atoms with Gasteiger partial charge in [-0.25, -0.2) is 0 Å². The molecule has 4 nitrogen and oxygen atoms in total. The van der Waals surface area contributed by atoms with E-state index in [9.17, 15) is 0 Å². The SMILES string of the molecule is N=C(NC1CCC(N=C(N)C23CC4CC(CC(C4)C2)C3)CC1)C12CC3CC(CC(C3)C1)C2. The maximum absolute atomic E-state index is 9.04. The molecular weight excluding hydrogens is 392 g/mol. The van der Waals surface area contributed by atoms with Gasteiger partial charge in [0.05, 0.1) is 11.9 Å². The van der Waals surface area contributed by atoms with Gasteiger partial charge in [0.15, 0.2) is 0 Å². The van der Waals surface area contributed by atoms with E-state index in [1.165, 1.54) is 77.0 Å². The van der Waals surface area contributed by atoms with Crippen LogP contribution < -0.4 is 11.1 Å². The maximum Gasteiger partial charge on any atom is 0.100 e. The van der Waals surface area contributed by atoms with Crippen molar-refractivity contribution in [2.45, 2.75) is 115 Å². The Morgan fingerprint density at radius 2 is 1.06 bits per heavy atom. The third kappa shape index (κ3) is 3.28. The molecule has 0 aromatic carbocycles.